The van der Waals surface area contributed by atoms with Crippen LogP contribution in [0.4, 0.5) is 5.69 Å². The molecule has 0 aromatic heterocycles. The van der Waals surface area contributed by atoms with Crippen LogP contribution in [0.15, 0.2) is 34.4 Å². The molecule has 6 nitrogen and oxygen atoms in total. The van der Waals surface area contributed by atoms with Gasteiger partial charge < -0.3 is 9.94 Å². The van der Waals surface area contributed by atoms with E-state index >= 15 is 0 Å². The fourth-order valence-electron chi connectivity index (χ4n) is 1.15. The van der Waals surface area contributed by atoms with Crippen LogP contribution in [0.25, 0.3) is 0 Å². The number of nitrogens with zero attached hydrogens (tertiary/aromatic N) is 2. The molecule has 0 aliphatic heterocycles. The van der Waals surface area contributed by atoms with Gasteiger partial charge >= 0.3 is 0 Å². The highest BCUT2D eigenvalue weighted by atomic mass is 16.5. The van der Waals surface area contributed by atoms with Gasteiger partial charge in [-0.15, -0.1) is 0 Å². The van der Waals surface area contributed by atoms with Crippen LogP contribution >= 0.6 is 0 Å². The molecule has 17 heavy (non-hydrogen) atoms. The van der Waals surface area contributed by atoms with Crippen molar-refractivity contribution in [3.05, 3.63) is 24.3 Å². The Balaban J connectivity index is 2.89. The first-order chi connectivity index (χ1) is 8.21. The van der Waals surface area contributed by atoms with E-state index in [-0.39, 0.29) is 11.5 Å². The Morgan fingerprint density at radius 3 is 2.47 bits per heavy atom. The largest absolute Gasteiger partial charge is 0.494 e. The van der Waals surface area contributed by atoms with Gasteiger partial charge in [0.15, 0.2) is 5.84 Å². The predicted molar refractivity (Wildman–Crippen MR) is 64.5 cm³/mol. The Hall–Kier alpha value is -2.08. The second kappa shape index (κ2) is 6.49. The average molecular weight is 237 g/mol. The molecule has 0 radical (unpaired) electrons. The number of benzene rings is 1. The fourth-order valence-corrected chi connectivity index (χ4v) is 1.15. The van der Waals surface area contributed by atoms with Crippen LogP contribution in [-0.2, 0) is 0 Å². The van der Waals surface area contributed by atoms with E-state index in [1.165, 1.54) is 6.92 Å². The first-order valence-electron chi connectivity index (χ1n) is 5.12. The number of hydroxylamine groups is 1. The quantitative estimate of drug-likeness (QED) is 0.323. The van der Waals surface area contributed by atoms with Crippen LogP contribution in [0.2, 0.25) is 0 Å². The smallest absolute Gasteiger partial charge is 0.175 e. The van der Waals surface area contributed by atoms with Crippen molar-refractivity contribution in [1.82, 2.24) is 5.48 Å². The second-order valence-corrected chi connectivity index (χ2v) is 3.18. The van der Waals surface area contributed by atoms with Gasteiger partial charge in [-0.2, -0.15) is 0 Å². The lowest BCUT2D eigenvalue weighted by molar-refractivity contribution is 0.236. The lowest BCUT2D eigenvalue weighted by atomic mass is 10.3. The molecule has 0 spiro atoms. The van der Waals surface area contributed by atoms with Gasteiger partial charge in [-0.1, -0.05) is 5.16 Å². The molecule has 0 fully saturated rings. The highest BCUT2D eigenvalue weighted by Gasteiger charge is 2.03. The van der Waals surface area contributed by atoms with E-state index in [4.69, 9.17) is 15.2 Å². The van der Waals surface area contributed by atoms with Crippen molar-refractivity contribution in [2.24, 2.45) is 10.1 Å². The van der Waals surface area contributed by atoms with Crippen LogP contribution in [0.3, 0.4) is 0 Å². The summed E-state index contributed by atoms with van der Waals surface area (Å²) in [5.41, 5.74) is 2.66. The number of aliphatic imine (C=N–C) groups is 1. The summed E-state index contributed by atoms with van der Waals surface area (Å²) in [4.78, 5) is 4.06. The predicted octanol–water partition coefficient (Wildman–Crippen LogP) is 1.94. The van der Waals surface area contributed by atoms with Crippen molar-refractivity contribution in [3.8, 4) is 5.75 Å². The van der Waals surface area contributed by atoms with Gasteiger partial charge in [0.2, 0.25) is 0 Å². The molecule has 0 atom stereocenters. The average Bonchev–Trinajstić information content (AvgIpc) is 2.37. The summed E-state index contributed by atoms with van der Waals surface area (Å²) in [7, 11) is 0. The maximum Gasteiger partial charge on any atom is 0.175 e. The third-order valence-electron chi connectivity index (χ3n) is 1.99. The topological polar surface area (TPSA) is 86.4 Å². The normalized spacial score (nSPS) is 12.4. The van der Waals surface area contributed by atoms with Crippen LogP contribution in [0.1, 0.15) is 13.8 Å². The van der Waals surface area contributed by atoms with Gasteiger partial charge in [-0.05, 0) is 38.1 Å². The van der Waals surface area contributed by atoms with E-state index in [9.17, 15) is 0 Å². The number of hydrogen-bond donors (Lipinski definition) is 3. The molecular formula is C11H15N3O3. The Labute approximate surface area is 99.2 Å². The molecule has 0 unspecified atom stereocenters. The lowest BCUT2D eigenvalue weighted by Crippen LogP contribution is -2.26. The molecule has 6 heteroatoms. The Bertz CT molecular complexity index is 412. The number of hydrogen-bond acceptors (Lipinski definition) is 5. The third kappa shape index (κ3) is 3.76. The van der Waals surface area contributed by atoms with Gasteiger partial charge in [0.25, 0.3) is 0 Å². The standard InChI is InChI=1S/C11H15N3O3/c1-3-17-10-6-4-9(5-7-10)12-11(14-16)8(2)13-15/h4-7,15-16H,3H2,1-2H3,(H,12,14). The van der Waals surface area contributed by atoms with Gasteiger partial charge in [-0.3, -0.25) is 10.7 Å². The van der Waals surface area contributed by atoms with Crippen molar-refractivity contribution in [2.45, 2.75) is 13.8 Å². The van der Waals surface area contributed by atoms with Crippen molar-refractivity contribution in [3.63, 3.8) is 0 Å². The summed E-state index contributed by atoms with van der Waals surface area (Å²) >= 11 is 0. The van der Waals surface area contributed by atoms with Crippen LogP contribution < -0.4 is 10.2 Å². The molecule has 0 amide bonds. The Morgan fingerprint density at radius 1 is 1.35 bits per heavy atom. The van der Waals surface area contributed by atoms with Crippen LogP contribution in [0.5, 0.6) is 5.75 Å². The molecule has 1 aromatic carbocycles. The van der Waals surface area contributed by atoms with Crippen LogP contribution in [-0.4, -0.2) is 28.6 Å². The van der Waals surface area contributed by atoms with Gasteiger partial charge in [0.1, 0.15) is 11.5 Å². The molecule has 92 valence electrons. The molecule has 0 saturated carbocycles. The van der Waals surface area contributed by atoms with Gasteiger partial charge in [0.05, 0.1) is 12.3 Å². The van der Waals surface area contributed by atoms with E-state index in [1.807, 2.05) is 12.4 Å². The zero-order valence-corrected chi connectivity index (χ0v) is 9.71. The summed E-state index contributed by atoms with van der Waals surface area (Å²) in [5, 5.41) is 20.3. The molecule has 3 N–H and O–H groups in total. The summed E-state index contributed by atoms with van der Waals surface area (Å²) in [6, 6.07) is 6.99. The SMILES string of the molecule is CCOc1ccc(N=C(NO)C(C)=NO)cc1. The Kier molecular flexibility index (Phi) is 4.96. The third-order valence-corrected chi connectivity index (χ3v) is 1.99. The minimum atomic E-state index is 0.0802. The molecular weight excluding hydrogens is 222 g/mol. The molecule has 0 aliphatic rings. The lowest BCUT2D eigenvalue weighted by Gasteiger charge is -2.04. The highest BCUT2D eigenvalue weighted by Crippen LogP contribution is 2.18. The van der Waals surface area contributed by atoms with E-state index in [0.29, 0.717) is 12.3 Å². The summed E-state index contributed by atoms with van der Waals surface area (Å²) in [5.74, 6) is 0.828. The number of oxime groups is 1. The highest BCUT2D eigenvalue weighted by molar-refractivity contribution is 6.40. The number of rotatable bonds is 4. The van der Waals surface area contributed by atoms with Crippen molar-refractivity contribution in [2.75, 3.05) is 6.61 Å². The van der Waals surface area contributed by atoms with E-state index in [0.717, 1.165) is 5.75 Å². The second-order valence-electron chi connectivity index (χ2n) is 3.18. The van der Waals surface area contributed by atoms with E-state index in [2.05, 4.69) is 10.1 Å². The van der Waals surface area contributed by atoms with Gasteiger partial charge in [-0.25, -0.2) is 4.99 Å². The molecule has 0 bridgehead atoms. The Morgan fingerprint density at radius 2 is 2.00 bits per heavy atom. The number of nitrogens with one attached hydrogen (secondary N) is 1. The maximum atomic E-state index is 8.83. The van der Waals surface area contributed by atoms with Gasteiger partial charge in [0, 0.05) is 0 Å². The molecule has 0 heterocycles. The van der Waals surface area contributed by atoms with E-state index in [1.54, 1.807) is 24.3 Å². The van der Waals surface area contributed by atoms with Crippen molar-refractivity contribution < 1.29 is 15.2 Å². The fraction of sp³-hybridized carbons (Fsp3) is 0.273. The van der Waals surface area contributed by atoms with Crippen molar-refractivity contribution in [1.29, 1.82) is 0 Å². The first-order valence-corrected chi connectivity index (χ1v) is 5.12. The summed E-state index contributed by atoms with van der Waals surface area (Å²) in [6.45, 7) is 4.01. The number of amidine groups is 1. The molecule has 0 aliphatic carbocycles. The maximum absolute atomic E-state index is 8.83. The minimum Gasteiger partial charge on any atom is -0.494 e. The molecule has 1 aromatic rings. The minimum absolute atomic E-state index is 0.0802. The monoisotopic (exact) mass is 237 g/mol. The van der Waals surface area contributed by atoms with Crippen LogP contribution in [0, 0.1) is 0 Å². The zero-order chi connectivity index (χ0) is 12.7. The van der Waals surface area contributed by atoms with E-state index < -0.39 is 0 Å². The number of ether oxygens (including phenoxy) is 1. The molecule has 1 rings (SSSR count). The van der Waals surface area contributed by atoms with Crippen molar-refractivity contribution >= 4 is 17.2 Å². The first kappa shape index (κ1) is 13.0. The zero-order valence-electron chi connectivity index (χ0n) is 9.71. The summed E-state index contributed by atoms with van der Waals surface area (Å²) < 4.78 is 5.28. The summed E-state index contributed by atoms with van der Waals surface area (Å²) in [6.07, 6.45) is 0. The molecule has 0 saturated heterocycles.